The summed E-state index contributed by atoms with van der Waals surface area (Å²) in [7, 11) is 0. The molecule has 4 heteroatoms. The molecule has 3 nitrogen and oxygen atoms in total. The molecular formula is C16H14O3Se. The van der Waals surface area contributed by atoms with E-state index in [0.29, 0.717) is 12.2 Å². The predicted molar refractivity (Wildman–Crippen MR) is 78.6 cm³/mol. The zero-order valence-electron chi connectivity index (χ0n) is 11.0. The zero-order chi connectivity index (χ0) is 14.4. The molecule has 2 aromatic carbocycles. The van der Waals surface area contributed by atoms with Gasteiger partial charge in [-0.3, -0.25) is 0 Å². The topological polar surface area (TPSA) is 43.4 Å². The molecule has 0 saturated heterocycles. The first-order valence-corrected chi connectivity index (χ1v) is 7.96. The Morgan fingerprint density at radius 3 is 2.20 bits per heavy atom. The average molecular weight is 333 g/mol. The van der Waals surface area contributed by atoms with Gasteiger partial charge in [-0.05, 0) is 0 Å². The molecule has 0 aromatic heterocycles. The summed E-state index contributed by atoms with van der Waals surface area (Å²) >= 11 is -0.283. The Labute approximate surface area is 124 Å². The Bertz CT molecular complexity index is 591. The Hall–Kier alpha value is -1.90. The molecule has 102 valence electrons. The number of esters is 1. The number of hydrogen-bond donors (Lipinski definition) is 0. The van der Waals surface area contributed by atoms with Gasteiger partial charge in [-0.2, -0.15) is 0 Å². The van der Waals surface area contributed by atoms with Crippen LogP contribution in [0, 0.1) is 0 Å². The van der Waals surface area contributed by atoms with Gasteiger partial charge in [0.25, 0.3) is 0 Å². The molecule has 0 aliphatic heterocycles. The summed E-state index contributed by atoms with van der Waals surface area (Å²) in [6.45, 7) is 2.13. The number of ether oxygens (including phenoxy) is 1. The van der Waals surface area contributed by atoms with Gasteiger partial charge in [-0.1, -0.05) is 0 Å². The van der Waals surface area contributed by atoms with Gasteiger partial charge in [-0.15, -0.1) is 0 Å². The Kier molecular flexibility index (Phi) is 5.10. The van der Waals surface area contributed by atoms with E-state index < -0.39 is 0 Å². The van der Waals surface area contributed by atoms with Crippen molar-refractivity contribution in [2.24, 2.45) is 0 Å². The van der Waals surface area contributed by atoms with E-state index in [1.54, 1.807) is 19.1 Å². The average Bonchev–Trinajstić information content (AvgIpc) is 2.49. The van der Waals surface area contributed by atoms with E-state index in [4.69, 9.17) is 4.74 Å². The summed E-state index contributed by atoms with van der Waals surface area (Å²) in [6.07, 6.45) is 0. The van der Waals surface area contributed by atoms with Crippen LogP contribution in [0.3, 0.4) is 0 Å². The molecule has 0 saturated carbocycles. The van der Waals surface area contributed by atoms with Crippen LogP contribution in [-0.2, 0) is 4.74 Å². The SMILES string of the molecule is CCOC(=O)c1ccc([Se]C(=O)c2ccccc2)cc1. The van der Waals surface area contributed by atoms with Crippen LogP contribution in [0.4, 0.5) is 0 Å². The van der Waals surface area contributed by atoms with E-state index in [0.717, 1.165) is 10.0 Å². The molecule has 0 spiro atoms. The van der Waals surface area contributed by atoms with Gasteiger partial charge in [-0.25, -0.2) is 0 Å². The quantitative estimate of drug-likeness (QED) is 0.621. The van der Waals surface area contributed by atoms with E-state index >= 15 is 0 Å². The normalized spacial score (nSPS) is 10.1. The standard InChI is InChI=1S/C16H14O3Se/c1-2-19-15(17)12-8-10-14(11-9-12)20-16(18)13-6-4-3-5-7-13/h3-11H,2H2,1H3. The molecule has 0 bridgehead atoms. The van der Waals surface area contributed by atoms with E-state index in [2.05, 4.69) is 0 Å². The van der Waals surface area contributed by atoms with Crippen molar-refractivity contribution < 1.29 is 14.3 Å². The number of rotatable bonds is 5. The van der Waals surface area contributed by atoms with Crippen molar-refractivity contribution >= 4 is 30.1 Å². The molecule has 2 rings (SSSR count). The van der Waals surface area contributed by atoms with Gasteiger partial charge < -0.3 is 0 Å². The Morgan fingerprint density at radius 1 is 0.950 bits per heavy atom. The van der Waals surface area contributed by atoms with Crippen molar-refractivity contribution in [1.29, 1.82) is 0 Å². The van der Waals surface area contributed by atoms with Crippen LogP contribution >= 0.6 is 0 Å². The van der Waals surface area contributed by atoms with Gasteiger partial charge in [0.05, 0.1) is 0 Å². The zero-order valence-corrected chi connectivity index (χ0v) is 12.7. The maximum absolute atomic E-state index is 12.1. The first-order chi connectivity index (χ1) is 9.70. The van der Waals surface area contributed by atoms with Crippen LogP contribution < -0.4 is 4.46 Å². The molecule has 0 heterocycles. The fourth-order valence-electron chi connectivity index (χ4n) is 1.61. The fourth-order valence-corrected chi connectivity index (χ4v) is 3.17. The molecular weight excluding hydrogens is 319 g/mol. The number of carbonyl (C=O) groups is 2. The molecule has 2 aromatic rings. The van der Waals surface area contributed by atoms with Crippen LogP contribution in [0.5, 0.6) is 0 Å². The van der Waals surface area contributed by atoms with Gasteiger partial charge in [0.1, 0.15) is 0 Å². The second-order valence-electron chi connectivity index (χ2n) is 4.00. The number of benzene rings is 2. The second kappa shape index (κ2) is 7.04. The van der Waals surface area contributed by atoms with Crippen LogP contribution in [0.15, 0.2) is 54.6 Å². The molecule has 20 heavy (non-hydrogen) atoms. The predicted octanol–water partition coefficient (Wildman–Crippen LogP) is 2.03. The molecule has 0 N–H and O–H groups in total. The number of carbonyl (C=O) groups excluding carboxylic acids is 2. The van der Waals surface area contributed by atoms with Crippen molar-refractivity contribution in [3.63, 3.8) is 0 Å². The molecule has 0 atom stereocenters. The summed E-state index contributed by atoms with van der Waals surface area (Å²) in [4.78, 5) is 23.6. The molecule has 0 aliphatic rings. The third-order valence-corrected chi connectivity index (χ3v) is 4.53. The summed E-state index contributed by atoms with van der Waals surface area (Å²) in [5.41, 5.74) is 1.24. The third-order valence-electron chi connectivity index (χ3n) is 2.59. The Balaban J connectivity index is 2.04. The van der Waals surface area contributed by atoms with Gasteiger partial charge in [0, 0.05) is 0 Å². The van der Waals surface area contributed by atoms with Crippen molar-refractivity contribution in [2.75, 3.05) is 6.61 Å². The molecule has 0 amide bonds. The summed E-state index contributed by atoms with van der Waals surface area (Å²) < 4.78 is 5.99. The van der Waals surface area contributed by atoms with Crippen LogP contribution in [0.2, 0.25) is 0 Å². The van der Waals surface area contributed by atoms with E-state index in [9.17, 15) is 9.59 Å². The van der Waals surface area contributed by atoms with E-state index in [1.807, 2.05) is 42.5 Å². The molecule has 0 fully saturated rings. The monoisotopic (exact) mass is 334 g/mol. The van der Waals surface area contributed by atoms with E-state index in [-0.39, 0.29) is 25.6 Å². The first-order valence-electron chi connectivity index (χ1n) is 6.25. The molecule has 0 aliphatic carbocycles. The minimum absolute atomic E-state index is 0.127. The van der Waals surface area contributed by atoms with Gasteiger partial charge >= 0.3 is 124 Å². The van der Waals surface area contributed by atoms with E-state index in [1.165, 1.54) is 0 Å². The van der Waals surface area contributed by atoms with Crippen molar-refractivity contribution in [3.05, 3.63) is 65.7 Å². The van der Waals surface area contributed by atoms with Crippen molar-refractivity contribution in [3.8, 4) is 0 Å². The summed E-state index contributed by atoms with van der Waals surface area (Å²) in [6, 6.07) is 16.3. The van der Waals surface area contributed by atoms with Crippen LogP contribution in [-0.4, -0.2) is 32.2 Å². The van der Waals surface area contributed by atoms with Crippen molar-refractivity contribution in [2.45, 2.75) is 6.92 Å². The first kappa shape index (κ1) is 14.5. The van der Waals surface area contributed by atoms with Crippen molar-refractivity contribution in [1.82, 2.24) is 0 Å². The van der Waals surface area contributed by atoms with Gasteiger partial charge in [0.15, 0.2) is 0 Å². The maximum atomic E-state index is 12.1. The summed E-state index contributed by atoms with van der Waals surface area (Å²) in [5, 5.41) is 0. The van der Waals surface area contributed by atoms with Crippen LogP contribution in [0.25, 0.3) is 0 Å². The fraction of sp³-hybridized carbons (Fsp3) is 0.125. The second-order valence-corrected chi connectivity index (χ2v) is 6.20. The Morgan fingerprint density at radius 2 is 1.60 bits per heavy atom. The summed E-state index contributed by atoms with van der Waals surface area (Å²) in [5.74, 6) is -0.332. The number of hydrogen-bond acceptors (Lipinski definition) is 3. The molecule has 0 radical (unpaired) electrons. The minimum atomic E-state index is -0.332. The third kappa shape index (κ3) is 3.80. The molecule has 0 unspecified atom stereocenters. The van der Waals surface area contributed by atoms with Crippen LogP contribution in [0.1, 0.15) is 27.6 Å². The van der Waals surface area contributed by atoms with Gasteiger partial charge in [0.2, 0.25) is 0 Å².